The van der Waals surface area contributed by atoms with Gasteiger partial charge in [0.1, 0.15) is 23.2 Å². The van der Waals surface area contributed by atoms with Gasteiger partial charge in [0.25, 0.3) is 5.91 Å². The first kappa shape index (κ1) is 18.4. The summed E-state index contributed by atoms with van der Waals surface area (Å²) in [6.45, 7) is 1.06. The lowest BCUT2D eigenvalue weighted by atomic mass is 10.1. The highest BCUT2D eigenvalue weighted by molar-refractivity contribution is 6.01. The molecule has 2 N–H and O–H groups in total. The zero-order valence-electron chi connectivity index (χ0n) is 14.5. The average molecular weight is 366 g/mol. The van der Waals surface area contributed by atoms with Gasteiger partial charge in [-0.15, -0.1) is 0 Å². The van der Waals surface area contributed by atoms with Crippen LogP contribution in [-0.4, -0.2) is 36.2 Å². The van der Waals surface area contributed by atoms with E-state index in [1.54, 1.807) is 24.3 Å². The van der Waals surface area contributed by atoms with Crippen molar-refractivity contribution in [2.24, 2.45) is 0 Å². The van der Waals surface area contributed by atoms with Gasteiger partial charge in [-0.25, -0.2) is 4.79 Å². The second-order valence-electron chi connectivity index (χ2n) is 6.10. The van der Waals surface area contributed by atoms with Crippen LogP contribution in [0.4, 0.5) is 0 Å². The number of furan rings is 1. The summed E-state index contributed by atoms with van der Waals surface area (Å²) in [4.78, 5) is 23.2. The van der Waals surface area contributed by atoms with Crippen molar-refractivity contribution in [3.8, 4) is 17.4 Å². The number of carboxylic acids is 1. The van der Waals surface area contributed by atoms with Gasteiger partial charge in [-0.1, -0.05) is 12.1 Å². The predicted octanol–water partition coefficient (Wildman–Crippen LogP) is 2.85. The molecule has 1 unspecified atom stereocenters. The molecule has 27 heavy (non-hydrogen) atoms. The van der Waals surface area contributed by atoms with Crippen molar-refractivity contribution >= 4 is 18.0 Å². The van der Waals surface area contributed by atoms with E-state index in [0.29, 0.717) is 30.2 Å². The van der Waals surface area contributed by atoms with Crippen LogP contribution in [0.25, 0.3) is 17.4 Å². The quantitative estimate of drug-likeness (QED) is 0.600. The third-order valence-electron chi connectivity index (χ3n) is 4.19. The number of carboxylic acid groups (broad SMARTS) is 1. The van der Waals surface area contributed by atoms with Crippen LogP contribution in [0, 0.1) is 11.3 Å². The van der Waals surface area contributed by atoms with E-state index in [9.17, 15) is 14.9 Å². The average Bonchev–Trinajstić information content (AvgIpc) is 3.36. The monoisotopic (exact) mass is 366 g/mol. The molecule has 0 saturated carbocycles. The van der Waals surface area contributed by atoms with Gasteiger partial charge in [-0.3, -0.25) is 4.79 Å². The molecule has 0 radical (unpaired) electrons. The molecule has 0 spiro atoms. The first-order valence-corrected chi connectivity index (χ1v) is 8.52. The largest absolute Gasteiger partial charge is 0.478 e. The molecule has 0 bridgehead atoms. The molecule has 1 aromatic heterocycles. The molecule has 2 heterocycles. The normalized spacial score (nSPS) is 16.7. The molecule has 1 aliphatic rings. The van der Waals surface area contributed by atoms with Crippen LogP contribution < -0.4 is 5.32 Å². The Balaban J connectivity index is 1.72. The third kappa shape index (κ3) is 4.63. The maximum atomic E-state index is 12.2. The molecule has 1 aromatic carbocycles. The molecule has 1 atom stereocenters. The topological polar surface area (TPSA) is 113 Å². The Hall–Kier alpha value is -3.37. The van der Waals surface area contributed by atoms with Crippen LogP contribution in [0.2, 0.25) is 0 Å². The Morgan fingerprint density at radius 2 is 2.19 bits per heavy atom. The number of rotatable bonds is 6. The minimum Gasteiger partial charge on any atom is -0.478 e. The number of nitriles is 1. The molecule has 1 aliphatic heterocycles. The number of nitrogens with zero attached hydrogens (tertiary/aromatic N) is 1. The summed E-state index contributed by atoms with van der Waals surface area (Å²) in [6.07, 6.45) is 3.21. The van der Waals surface area contributed by atoms with E-state index in [1.165, 1.54) is 18.2 Å². The molecule has 3 rings (SSSR count). The van der Waals surface area contributed by atoms with Crippen LogP contribution in [-0.2, 0) is 9.53 Å². The Morgan fingerprint density at radius 3 is 2.89 bits per heavy atom. The van der Waals surface area contributed by atoms with Crippen LogP contribution in [0.1, 0.15) is 29.0 Å². The number of hydrogen-bond acceptors (Lipinski definition) is 5. The Kier molecular flexibility index (Phi) is 5.69. The summed E-state index contributed by atoms with van der Waals surface area (Å²) in [5.74, 6) is -0.743. The number of aromatic carboxylic acids is 1. The second kappa shape index (κ2) is 8.34. The van der Waals surface area contributed by atoms with Gasteiger partial charge < -0.3 is 19.6 Å². The highest BCUT2D eigenvalue weighted by Gasteiger charge is 2.18. The number of carbonyl (C=O) groups excluding carboxylic acids is 1. The summed E-state index contributed by atoms with van der Waals surface area (Å²) in [6, 6.07) is 11.5. The second-order valence-corrected chi connectivity index (χ2v) is 6.10. The molecule has 7 heteroatoms. The fourth-order valence-electron chi connectivity index (χ4n) is 2.79. The number of carbonyl (C=O) groups is 2. The molecule has 0 aliphatic carbocycles. The van der Waals surface area contributed by atoms with Crippen molar-refractivity contribution in [2.75, 3.05) is 13.2 Å². The van der Waals surface area contributed by atoms with E-state index < -0.39 is 11.9 Å². The van der Waals surface area contributed by atoms with Gasteiger partial charge in [0.05, 0.1) is 11.7 Å². The minimum atomic E-state index is -1.03. The minimum absolute atomic E-state index is 0.00869. The van der Waals surface area contributed by atoms with Crippen LogP contribution >= 0.6 is 0 Å². The number of nitrogens with one attached hydrogen (secondary N) is 1. The first-order chi connectivity index (χ1) is 13.1. The van der Waals surface area contributed by atoms with Crippen molar-refractivity contribution in [3.05, 3.63) is 53.3 Å². The van der Waals surface area contributed by atoms with Crippen molar-refractivity contribution in [1.29, 1.82) is 5.26 Å². The van der Waals surface area contributed by atoms with Gasteiger partial charge >= 0.3 is 5.97 Å². The number of hydrogen-bond donors (Lipinski definition) is 2. The number of amides is 1. The van der Waals surface area contributed by atoms with Crippen LogP contribution in [0.5, 0.6) is 0 Å². The molecule has 138 valence electrons. The molecule has 1 saturated heterocycles. The molecule has 1 amide bonds. The lowest BCUT2D eigenvalue weighted by molar-refractivity contribution is -0.117. The molecule has 7 nitrogen and oxygen atoms in total. The number of benzene rings is 1. The summed E-state index contributed by atoms with van der Waals surface area (Å²) in [5, 5.41) is 21.0. The standard InChI is InChI=1S/C20H18N2O5/c21-11-15(19(23)22-12-17-5-2-8-26-17)10-16-6-7-18(27-16)13-3-1-4-14(9-13)20(24)25/h1,3-4,6-7,9-10,17H,2,5,8,12H2,(H,22,23)(H,24,25)/b15-10+. The summed E-state index contributed by atoms with van der Waals surface area (Å²) in [7, 11) is 0. The summed E-state index contributed by atoms with van der Waals surface area (Å²) < 4.78 is 11.1. The van der Waals surface area contributed by atoms with Gasteiger partial charge in [-0.2, -0.15) is 5.26 Å². The molecular formula is C20H18N2O5. The Labute approximate surface area is 155 Å². The Bertz CT molecular complexity index is 916. The van der Waals surface area contributed by atoms with Crippen molar-refractivity contribution in [2.45, 2.75) is 18.9 Å². The fourth-order valence-corrected chi connectivity index (χ4v) is 2.79. The van der Waals surface area contributed by atoms with Gasteiger partial charge in [-0.05, 0) is 37.1 Å². The van der Waals surface area contributed by atoms with E-state index >= 15 is 0 Å². The van der Waals surface area contributed by atoms with E-state index in [2.05, 4.69) is 5.32 Å². The highest BCUT2D eigenvalue weighted by Crippen LogP contribution is 2.24. The van der Waals surface area contributed by atoms with Gasteiger partial charge in [0.15, 0.2) is 0 Å². The van der Waals surface area contributed by atoms with E-state index in [-0.39, 0.29) is 17.2 Å². The van der Waals surface area contributed by atoms with Crippen molar-refractivity contribution in [1.82, 2.24) is 5.32 Å². The highest BCUT2D eigenvalue weighted by atomic mass is 16.5. The van der Waals surface area contributed by atoms with E-state index in [0.717, 1.165) is 12.8 Å². The third-order valence-corrected chi connectivity index (χ3v) is 4.19. The van der Waals surface area contributed by atoms with E-state index in [4.69, 9.17) is 14.3 Å². The summed E-state index contributed by atoms with van der Waals surface area (Å²) in [5.41, 5.74) is 0.663. The zero-order chi connectivity index (χ0) is 19.2. The molecule has 2 aromatic rings. The van der Waals surface area contributed by atoms with E-state index in [1.807, 2.05) is 6.07 Å². The summed E-state index contributed by atoms with van der Waals surface area (Å²) >= 11 is 0. The number of ether oxygens (including phenoxy) is 1. The maximum absolute atomic E-state index is 12.2. The van der Waals surface area contributed by atoms with Crippen molar-refractivity contribution < 1.29 is 23.8 Å². The maximum Gasteiger partial charge on any atom is 0.335 e. The smallest absolute Gasteiger partial charge is 0.335 e. The molecule has 1 fully saturated rings. The first-order valence-electron chi connectivity index (χ1n) is 8.52. The van der Waals surface area contributed by atoms with Gasteiger partial charge in [0, 0.05) is 24.8 Å². The lowest BCUT2D eigenvalue weighted by Crippen LogP contribution is -2.32. The SMILES string of the molecule is N#C/C(=C\c1ccc(-c2cccc(C(=O)O)c2)o1)C(=O)NCC1CCCO1. The fraction of sp³-hybridized carbons (Fsp3) is 0.250. The Morgan fingerprint density at radius 1 is 1.33 bits per heavy atom. The van der Waals surface area contributed by atoms with Crippen LogP contribution in [0.3, 0.4) is 0 Å². The van der Waals surface area contributed by atoms with Gasteiger partial charge in [0.2, 0.25) is 0 Å². The molecular weight excluding hydrogens is 348 g/mol. The van der Waals surface area contributed by atoms with Crippen LogP contribution in [0.15, 0.2) is 46.4 Å². The van der Waals surface area contributed by atoms with Crippen molar-refractivity contribution in [3.63, 3.8) is 0 Å². The lowest BCUT2D eigenvalue weighted by Gasteiger charge is -2.09. The zero-order valence-corrected chi connectivity index (χ0v) is 14.5. The predicted molar refractivity (Wildman–Crippen MR) is 96.7 cm³/mol.